The quantitative estimate of drug-likeness (QED) is 0.738. The molecule has 0 aliphatic rings. The first-order valence-electron chi connectivity index (χ1n) is 3.72. The van der Waals surface area contributed by atoms with Gasteiger partial charge < -0.3 is 4.42 Å². The van der Waals surface area contributed by atoms with E-state index in [1.165, 1.54) is 18.7 Å². The van der Waals surface area contributed by atoms with E-state index in [1.807, 2.05) is 0 Å². The summed E-state index contributed by atoms with van der Waals surface area (Å²) in [6, 6.07) is 3.13. The van der Waals surface area contributed by atoms with Crippen LogP contribution in [0.3, 0.4) is 0 Å². The average molecular weight is 276 g/mol. The van der Waals surface area contributed by atoms with E-state index in [9.17, 15) is 4.39 Å². The van der Waals surface area contributed by atoms with Gasteiger partial charge in [0.1, 0.15) is 5.82 Å². The fourth-order valence-corrected chi connectivity index (χ4v) is 1.66. The van der Waals surface area contributed by atoms with Crippen molar-refractivity contribution in [3.05, 3.63) is 40.0 Å². The Morgan fingerprint density at radius 2 is 2.21 bits per heavy atom. The molecule has 14 heavy (non-hydrogen) atoms. The van der Waals surface area contributed by atoms with E-state index in [0.29, 0.717) is 15.3 Å². The molecule has 1 aromatic carbocycles. The number of hydrogen-bond donors (Lipinski definition) is 0. The van der Waals surface area contributed by atoms with Gasteiger partial charge in [0.05, 0.1) is 21.3 Å². The summed E-state index contributed by atoms with van der Waals surface area (Å²) in [5, 5.41) is 0.294. The van der Waals surface area contributed by atoms with Crippen molar-refractivity contribution in [1.29, 1.82) is 0 Å². The maximum Gasteiger partial charge on any atom is 0.181 e. The first-order valence-corrected chi connectivity index (χ1v) is 4.89. The maximum absolute atomic E-state index is 13.6. The van der Waals surface area contributed by atoms with Crippen molar-refractivity contribution in [2.45, 2.75) is 0 Å². The Hall–Kier alpha value is -0.870. The molecule has 0 aliphatic carbocycles. The highest BCUT2D eigenvalue weighted by molar-refractivity contribution is 9.10. The van der Waals surface area contributed by atoms with E-state index in [-0.39, 0.29) is 5.56 Å². The van der Waals surface area contributed by atoms with Crippen molar-refractivity contribution >= 4 is 27.5 Å². The molecule has 0 atom stereocenters. The van der Waals surface area contributed by atoms with Gasteiger partial charge in [-0.05, 0) is 28.1 Å². The number of aromatic nitrogens is 1. The zero-order valence-corrected chi connectivity index (χ0v) is 9.14. The van der Waals surface area contributed by atoms with Crippen molar-refractivity contribution in [2.24, 2.45) is 0 Å². The third kappa shape index (κ3) is 1.55. The molecule has 1 aromatic heterocycles. The molecule has 5 heteroatoms. The summed E-state index contributed by atoms with van der Waals surface area (Å²) in [6.45, 7) is 0. The minimum atomic E-state index is -0.450. The molecule has 0 spiro atoms. The molecule has 2 rings (SSSR count). The molecular weight excluding hydrogens is 272 g/mol. The SMILES string of the molecule is Fc1c(Br)ccc(Cl)c1-c1cnco1. The van der Waals surface area contributed by atoms with Gasteiger partial charge in [-0.15, -0.1) is 0 Å². The second-order valence-electron chi connectivity index (χ2n) is 2.58. The van der Waals surface area contributed by atoms with Crippen LogP contribution < -0.4 is 0 Å². The largest absolute Gasteiger partial charge is 0.443 e. The predicted molar refractivity (Wildman–Crippen MR) is 54.6 cm³/mol. The van der Waals surface area contributed by atoms with Gasteiger partial charge in [-0.1, -0.05) is 11.6 Å². The molecule has 0 bridgehead atoms. The minimum Gasteiger partial charge on any atom is -0.443 e. The predicted octanol–water partition coefficient (Wildman–Crippen LogP) is 3.90. The topological polar surface area (TPSA) is 26.0 Å². The zero-order chi connectivity index (χ0) is 10.1. The second-order valence-corrected chi connectivity index (χ2v) is 3.85. The molecule has 1 heterocycles. The van der Waals surface area contributed by atoms with Gasteiger partial charge in [0.25, 0.3) is 0 Å². The first-order chi connectivity index (χ1) is 6.70. The van der Waals surface area contributed by atoms with Crippen LogP contribution in [-0.4, -0.2) is 4.98 Å². The summed E-state index contributed by atoms with van der Waals surface area (Å²) in [7, 11) is 0. The summed E-state index contributed by atoms with van der Waals surface area (Å²) in [5.41, 5.74) is 0.221. The smallest absolute Gasteiger partial charge is 0.181 e. The van der Waals surface area contributed by atoms with Gasteiger partial charge in [0, 0.05) is 0 Å². The highest BCUT2D eigenvalue weighted by Gasteiger charge is 2.15. The van der Waals surface area contributed by atoms with E-state index in [4.69, 9.17) is 16.0 Å². The number of halogens is 3. The van der Waals surface area contributed by atoms with Crippen molar-refractivity contribution in [1.82, 2.24) is 4.98 Å². The molecule has 0 amide bonds. The molecule has 0 radical (unpaired) electrons. The van der Waals surface area contributed by atoms with Gasteiger partial charge in [-0.2, -0.15) is 0 Å². The molecule has 0 unspecified atom stereocenters. The lowest BCUT2D eigenvalue weighted by Gasteiger charge is -2.03. The molecule has 0 N–H and O–H groups in total. The molecule has 72 valence electrons. The maximum atomic E-state index is 13.6. The fraction of sp³-hybridized carbons (Fsp3) is 0. The van der Waals surface area contributed by atoms with Crippen LogP contribution in [0.25, 0.3) is 11.3 Å². The van der Waals surface area contributed by atoms with Crippen LogP contribution in [0, 0.1) is 5.82 Å². The van der Waals surface area contributed by atoms with Crippen LogP contribution in [0.2, 0.25) is 5.02 Å². The van der Waals surface area contributed by atoms with Crippen LogP contribution in [-0.2, 0) is 0 Å². The van der Waals surface area contributed by atoms with E-state index in [1.54, 1.807) is 6.07 Å². The Kier molecular flexibility index (Phi) is 2.56. The summed E-state index contributed by atoms with van der Waals surface area (Å²) in [6.07, 6.45) is 2.64. The van der Waals surface area contributed by atoms with E-state index in [0.717, 1.165) is 0 Å². The van der Waals surface area contributed by atoms with Gasteiger partial charge in [0.15, 0.2) is 12.2 Å². The molecule has 0 aliphatic heterocycles. The van der Waals surface area contributed by atoms with Gasteiger partial charge >= 0.3 is 0 Å². The Bertz CT molecular complexity index is 458. The summed E-state index contributed by atoms with van der Waals surface area (Å²) in [4.78, 5) is 3.70. The Morgan fingerprint density at radius 1 is 1.43 bits per heavy atom. The number of benzene rings is 1. The van der Waals surface area contributed by atoms with Gasteiger partial charge in [0.2, 0.25) is 0 Å². The summed E-state index contributed by atoms with van der Waals surface area (Å²) >= 11 is 8.91. The van der Waals surface area contributed by atoms with E-state index in [2.05, 4.69) is 20.9 Å². The lowest BCUT2D eigenvalue weighted by Crippen LogP contribution is -1.85. The summed E-state index contributed by atoms with van der Waals surface area (Å²) < 4.78 is 18.9. The van der Waals surface area contributed by atoms with E-state index < -0.39 is 5.82 Å². The van der Waals surface area contributed by atoms with Crippen molar-refractivity contribution < 1.29 is 8.81 Å². The normalized spacial score (nSPS) is 10.5. The molecule has 2 aromatic rings. The van der Waals surface area contributed by atoms with Crippen molar-refractivity contribution in [3.8, 4) is 11.3 Å². The van der Waals surface area contributed by atoms with Crippen LogP contribution in [0.5, 0.6) is 0 Å². The zero-order valence-electron chi connectivity index (χ0n) is 6.80. The molecular formula is C9H4BrClFNO. The standard InChI is InChI=1S/C9H4BrClFNO/c10-5-1-2-6(11)8(9(5)12)7-3-13-4-14-7/h1-4H. The molecule has 2 nitrogen and oxygen atoms in total. The number of hydrogen-bond acceptors (Lipinski definition) is 2. The lowest BCUT2D eigenvalue weighted by atomic mass is 10.2. The van der Waals surface area contributed by atoms with Crippen molar-refractivity contribution in [3.63, 3.8) is 0 Å². The van der Waals surface area contributed by atoms with Crippen LogP contribution >= 0.6 is 27.5 Å². The van der Waals surface area contributed by atoms with E-state index >= 15 is 0 Å². The minimum absolute atomic E-state index is 0.221. The van der Waals surface area contributed by atoms with Crippen LogP contribution in [0.1, 0.15) is 0 Å². The first kappa shape index (κ1) is 9.68. The molecule has 0 fully saturated rings. The Balaban J connectivity index is 2.69. The Morgan fingerprint density at radius 3 is 2.86 bits per heavy atom. The van der Waals surface area contributed by atoms with Gasteiger partial charge in [-0.3, -0.25) is 0 Å². The van der Waals surface area contributed by atoms with Crippen molar-refractivity contribution in [2.75, 3.05) is 0 Å². The second kappa shape index (κ2) is 3.71. The van der Waals surface area contributed by atoms with Crippen LogP contribution in [0.4, 0.5) is 4.39 Å². The lowest BCUT2D eigenvalue weighted by molar-refractivity contribution is 0.560. The third-order valence-electron chi connectivity index (χ3n) is 1.72. The number of nitrogens with zero attached hydrogens (tertiary/aromatic N) is 1. The van der Waals surface area contributed by atoms with Crippen LogP contribution in [0.15, 0.2) is 33.6 Å². The summed E-state index contributed by atoms with van der Waals surface area (Å²) in [5.74, 6) is -0.136. The molecule has 0 saturated heterocycles. The molecule has 0 saturated carbocycles. The highest BCUT2D eigenvalue weighted by atomic mass is 79.9. The fourth-order valence-electron chi connectivity index (χ4n) is 1.09. The number of oxazole rings is 1. The van der Waals surface area contributed by atoms with Gasteiger partial charge in [-0.25, -0.2) is 9.37 Å². The monoisotopic (exact) mass is 275 g/mol. The average Bonchev–Trinajstić information content (AvgIpc) is 2.65. The third-order valence-corrected chi connectivity index (χ3v) is 2.65. The highest BCUT2D eigenvalue weighted by Crippen LogP contribution is 2.33. The Labute approximate surface area is 92.8 Å². The number of rotatable bonds is 1.